The second-order valence-corrected chi connectivity index (χ2v) is 7.70. The van der Waals surface area contributed by atoms with Crippen LogP contribution in [-0.4, -0.2) is 6.54 Å². The van der Waals surface area contributed by atoms with Gasteiger partial charge in [0.1, 0.15) is 0 Å². The molecule has 1 aromatic carbocycles. The molecule has 1 aliphatic carbocycles. The van der Waals surface area contributed by atoms with Crippen molar-refractivity contribution in [1.29, 1.82) is 0 Å². The lowest BCUT2D eigenvalue weighted by Crippen LogP contribution is -2.25. The second kappa shape index (κ2) is 6.76. The van der Waals surface area contributed by atoms with Gasteiger partial charge in [0.2, 0.25) is 0 Å². The van der Waals surface area contributed by atoms with Crippen molar-refractivity contribution in [2.75, 3.05) is 6.54 Å². The zero-order chi connectivity index (χ0) is 14.6. The topological polar surface area (TPSA) is 12.0 Å². The first-order valence-corrected chi connectivity index (χ1v) is 8.25. The highest BCUT2D eigenvalue weighted by Crippen LogP contribution is 2.27. The van der Waals surface area contributed by atoms with Crippen molar-refractivity contribution in [3.63, 3.8) is 0 Å². The summed E-state index contributed by atoms with van der Waals surface area (Å²) in [7, 11) is 0. The molecule has 1 saturated carbocycles. The fourth-order valence-electron chi connectivity index (χ4n) is 3.08. The molecule has 0 amide bonds. The van der Waals surface area contributed by atoms with Crippen molar-refractivity contribution in [3.8, 4) is 0 Å². The van der Waals surface area contributed by atoms with Crippen LogP contribution in [0.4, 0.5) is 0 Å². The van der Waals surface area contributed by atoms with Crippen LogP contribution in [-0.2, 0) is 12.0 Å². The molecule has 0 aliphatic heterocycles. The molecule has 112 valence electrons. The fraction of sp³-hybridized carbons (Fsp3) is 0.684. The van der Waals surface area contributed by atoms with Crippen LogP contribution in [0.3, 0.4) is 0 Å². The Hall–Kier alpha value is -0.820. The quantitative estimate of drug-likeness (QED) is 0.822. The van der Waals surface area contributed by atoms with E-state index in [1.807, 2.05) is 0 Å². The van der Waals surface area contributed by atoms with Gasteiger partial charge in [-0.2, -0.15) is 0 Å². The average Bonchev–Trinajstić information content (AvgIpc) is 2.41. The molecule has 0 radical (unpaired) electrons. The SMILES string of the molecule is CC1CCC(CNCc2ccc(C(C)(C)C)cc2)CC1. The van der Waals surface area contributed by atoms with Gasteiger partial charge in [0.25, 0.3) is 0 Å². The molecular weight excluding hydrogens is 242 g/mol. The van der Waals surface area contributed by atoms with Crippen LogP contribution in [0.25, 0.3) is 0 Å². The fourth-order valence-corrected chi connectivity index (χ4v) is 3.08. The van der Waals surface area contributed by atoms with Gasteiger partial charge in [-0.05, 0) is 47.8 Å². The Labute approximate surface area is 125 Å². The molecule has 0 spiro atoms. The summed E-state index contributed by atoms with van der Waals surface area (Å²) in [4.78, 5) is 0. The van der Waals surface area contributed by atoms with E-state index >= 15 is 0 Å². The summed E-state index contributed by atoms with van der Waals surface area (Å²) in [5.74, 6) is 1.86. The zero-order valence-electron chi connectivity index (χ0n) is 13.7. The molecule has 20 heavy (non-hydrogen) atoms. The average molecular weight is 273 g/mol. The molecular formula is C19H31N. The summed E-state index contributed by atoms with van der Waals surface area (Å²) < 4.78 is 0. The molecule has 0 atom stereocenters. The molecule has 1 nitrogen and oxygen atoms in total. The molecule has 1 N–H and O–H groups in total. The van der Waals surface area contributed by atoms with Crippen LogP contribution >= 0.6 is 0 Å². The number of nitrogens with one attached hydrogen (secondary N) is 1. The molecule has 1 aliphatic rings. The lowest BCUT2D eigenvalue weighted by Gasteiger charge is -2.26. The van der Waals surface area contributed by atoms with Gasteiger partial charge in [-0.3, -0.25) is 0 Å². The van der Waals surface area contributed by atoms with Crippen LogP contribution < -0.4 is 5.32 Å². The van der Waals surface area contributed by atoms with Crippen molar-refractivity contribution in [2.24, 2.45) is 11.8 Å². The van der Waals surface area contributed by atoms with E-state index in [9.17, 15) is 0 Å². The highest BCUT2D eigenvalue weighted by molar-refractivity contribution is 5.27. The summed E-state index contributed by atoms with van der Waals surface area (Å²) >= 11 is 0. The zero-order valence-corrected chi connectivity index (χ0v) is 13.7. The summed E-state index contributed by atoms with van der Waals surface area (Å²) in [6.07, 6.45) is 5.67. The van der Waals surface area contributed by atoms with Crippen LogP contribution in [0.5, 0.6) is 0 Å². The molecule has 0 unspecified atom stereocenters. The van der Waals surface area contributed by atoms with Crippen molar-refractivity contribution in [1.82, 2.24) is 5.32 Å². The Kier molecular flexibility index (Phi) is 5.26. The summed E-state index contributed by atoms with van der Waals surface area (Å²) in [6, 6.07) is 9.10. The maximum absolute atomic E-state index is 3.64. The van der Waals surface area contributed by atoms with Gasteiger partial charge >= 0.3 is 0 Å². The first-order chi connectivity index (χ1) is 9.45. The van der Waals surface area contributed by atoms with Crippen molar-refractivity contribution in [2.45, 2.75) is 65.3 Å². The molecule has 1 heteroatoms. The summed E-state index contributed by atoms with van der Waals surface area (Å²) in [5, 5.41) is 3.64. The maximum atomic E-state index is 3.64. The van der Waals surface area contributed by atoms with Crippen molar-refractivity contribution >= 4 is 0 Å². The number of benzene rings is 1. The van der Waals surface area contributed by atoms with Gasteiger partial charge in [-0.1, -0.05) is 64.8 Å². The van der Waals surface area contributed by atoms with E-state index in [1.165, 1.54) is 43.4 Å². The molecule has 0 heterocycles. The predicted molar refractivity (Wildman–Crippen MR) is 88.0 cm³/mol. The third-order valence-corrected chi connectivity index (χ3v) is 4.72. The maximum Gasteiger partial charge on any atom is 0.0205 e. The van der Waals surface area contributed by atoms with Gasteiger partial charge in [0, 0.05) is 6.54 Å². The highest BCUT2D eigenvalue weighted by atomic mass is 14.9. The Morgan fingerprint density at radius 1 is 1.00 bits per heavy atom. The monoisotopic (exact) mass is 273 g/mol. The first kappa shape index (κ1) is 15.6. The van der Waals surface area contributed by atoms with Gasteiger partial charge in [-0.15, -0.1) is 0 Å². The van der Waals surface area contributed by atoms with Gasteiger partial charge in [0.05, 0.1) is 0 Å². The van der Waals surface area contributed by atoms with Crippen LogP contribution in [0.1, 0.15) is 64.5 Å². The van der Waals surface area contributed by atoms with Gasteiger partial charge < -0.3 is 5.32 Å². The molecule has 0 bridgehead atoms. The standard InChI is InChI=1S/C19H31N/c1-15-5-7-16(8-6-15)13-20-14-17-9-11-18(12-10-17)19(2,3)4/h9-12,15-16,20H,5-8,13-14H2,1-4H3. The van der Waals surface area contributed by atoms with E-state index in [2.05, 4.69) is 57.3 Å². The van der Waals surface area contributed by atoms with E-state index < -0.39 is 0 Å². The molecule has 1 fully saturated rings. The second-order valence-electron chi connectivity index (χ2n) is 7.70. The number of hydrogen-bond donors (Lipinski definition) is 1. The summed E-state index contributed by atoms with van der Waals surface area (Å²) in [5.41, 5.74) is 3.08. The Bertz CT molecular complexity index is 391. The van der Waals surface area contributed by atoms with Crippen molar-refractivity contribution in [3.05, 3.63) is 35.4 Å². The van der Waals surface area contributed by atoms with E-state index in [-0.39, 0.29) is 5.41 Å². The summed E-state index contributed by atoms with van der Waals surface area (Å²) in [6.45, 7) is 11.4. The van der Waals surface area contributed by atoms with Crippen LogP contribution in [0, 0.1) is 11.8 Å². The van der Waals surface area contributed by atoms with E-state index in [4.69, 9.17) is 0 Å². The minimum atomic E-state index is 0.255. The smallest absolute Gasteiger partial charge is 0.0205 e. The highest BCUT2D eigenvalue weighted by Gasteiger charge is 2.17. The minimum Gasteiger partial charge on any atom is -0.312 e. The third kappa shape index (κ3) is 4.63. The Morgan fingerprint density at radius 2 is 1.60 bits per heavy atom. The Balaban J connectivity index is 1.74. The van der Waals surface area contributed by atoms with E-state index in [1.54, 1.807) is 0 Å². The van der Waals surface area contributed by atoms with Gasteiger partial charge in [-0.25, -0.2) is 0 Å². The predicted octanol–water partition coefficient (Wildman–Crippen LogP) is 4.90. The Morgan fingerprint density at radius 3 is 2.15 bits per heavy atom. The lowest BCUT2D eigenvalue weighted by molar-refractivity contribution is 0.281. The molecule has 0 saturated heterocycles. The molecule has 2 rings (SSSR count). The third-order valence-electron chi connectivity index (χ3n) is 4.72. The van der Waals surface area contributed by atoms with Crippen LogP contribution in [0.2, 0.25) is 0 Å². The minimum absolute atomic E-state index is 0.255. The number of hydrogen-bond acceptors (Lipinski definition) is 1. The van der Waals surface area contributed by atoms with Crippen LogP contribution in [0.15, 0.2) is 24.3 Å². The van der Waals surface area contributed by atoms with E-state index in [0.29, 0.717) is 0 Å². The van der Waals surface area contributed by atoms with Gasteiger partial charge in [0.15, 0.2) is 0 Å². The number of rotatable bonds is 4. The van der Waals surface area contributed by atoms with E-state index in [0.717, 1.165) is 18.4 Å². The molecule has 1 aromatic rings. The van der Waals surface area contributed by atoms with Crippen molar-refractivity contribution < 1.29 is 0 Å². The lowest BCUT2D eigenvalue weighted by atomic mass is 9.83. The normalized spacial score (nSPS) is 23.8. The first-order valence-electron chi connectivity index (χ1n) is 8.25. The largest absolute Gasteiger partial charge is 0.312 e. The molecule has 0 aromatic heterocycles.